The third kappa shape index (κ3) is 4.95. The van der Waals surface area contributed by atoms with Gasteiger partial charge in [-0.3, -0.25) is 4.79 Å². The maximum atomic E-state index is 13.0. The lowest BCUT2D eigenvalue weighted by Crippen LogP contribution is -2.16. The Hall–Kier alpha value is -3.03. The Bertz CT molecular complexity index is 1450. The van der Waals surface area contributed by atoms with E-state index in [9.17, 15) is 9.59 Å². The van der Waals surface area contributed by atoms with E-state index in [2.05, 4.69) is 66.3 Å². The molecular weight excluding hydrogens is 488 g/mol. The number of fused-ring (bicyclic) bond motifs is 2. The maximum absolute atomic E-state index is 13.0. The number of hydrogen-bond acceptors (Lipinski definition) is 5. The number of amides is 1. The zero-order chi connectivity index (χ0) is 25.2. The molecule has 0 radical (unpaired) electrons. The summed E-state index contributed by atoms with van der Waals surface area (Å²) in [6.07, 6.45) is 5.01. The van der Waals surface area contributed by atoms with Crippen molar-refractivity contribution in [2.45, 2.75) is 51.5 Å². The Morgan fingerprint density at radius 3 is 2.81 bits per heavy atom. The van der Waals surface area contributed by atoms with Crippen LogP contribution in [0.5, 0.6) is 0 Å². The van der Waals surface area contributed by atoms with Crippen molar-refractivity contribution in [1.29, 1.82) is 0 Å². The van der Waals surface area contributed by atoms with Gasteiger partial charge in [0.15, 0.2) is 0 Å². The van der Waals surface area contributed by atoms with Gasteiger partial charge in [0, 0.05) is 33.4 Å². The van der Waals surface area contributed by atoms with E-state index < -0.39 is 0 Å². The van der Waals surface area contributed by atoms with Crippen LogP contribution in [0.2, 0.25) is 0 Å². The molecule has 1 aliphatic carbocycles. The average molecular weight is 519 g/mol. The van der Waals surface area contributed by atoms with Gasteiger partial charge in [-0.25, -0.2) is 4.79 Å². The standard InChI is InChI=1S/C29H30N2O3S2/c1-4-34-29(33)27-22-9-7-11-24(22)36-28(27)30-26(32)17-35-25-16-31(23-10-6-5-8-21(23)25)15-20-14-18(2)12-13-19(20)3/h5-6,8,10,12-14,16H,4,7,9,11,15,17H2,1-3H3,(H,30,32). The van der Waals surface area contributed by atoms with Crippen LogP contribution in [0.25, 0.3) is 10.9 Å². The quantitative estimate of drug-likeness (QED) is 0.207. The number of rotatable bonds is 8. The number of nitrogens with one attached hydrogen (secondary N) is 1. The number of aromatic nitrogens is 1. The minimum absolute atomic E-state index is 0.114. The number of carbonyl (C=O) groups is 2. The number of nitrogens with zero attached hydrogens (tertiary/aromatic N) is 1. The molecule has 186 valence electrons. The Morgan fingerprint density at radius 2 is 1.97 bits per heavy atom. The zero-order valence-electron chi connectivity index (χ0n) is 20.8. The lowest BCUT2D eigenvalue weighted by atomic mass is 10.1. The van der Waals surface area contributed by atoms with Crippen molar-refractivity contribution in [3.8, 4) is 0 Å². The smallest absolute Gasteiger partial charge is 0.341 e. The molecule has 2 aromatic carbocycles. The molecule has 7 heteroatoms. The number of thioether (sulfide) groups is 1. The molecule has 1 amide bonds. The summed E-state index contributed by atoms with van der Waals surface area (Å²) in [6, 6.07) is 14.9. The Balaban J connectivity index is 1.34. The van der Waals surface area contributed by atoms with Crippen molar-refractivity contribution in [3.63, 3.8) is 0 Å². The molecule has 0 fully saturated rings. The number of carbonyl (C=O) groups excluding carboxylic acids is 2. The molecule has 0 saturated carbocycles. The molecule has 5 rings (SSSR count). The molecule has 0 bridgehead atoms. The fourth-order valence-corrected chi connectivity index (χ4v) is 7.01. The van der Waals surface area contributed by atoms with Crippen LogP contribution < -0.4 is 5.32 Å². The monoisotopic (exact) mass is 518 g/mol. The molecule has 36 heavy (non-hydrogen) atoms. The second-order valence-corrected chi connectivity index (χ2v) is 11.3. The van der Waals surface area contributed by atoms with Gasteiger partial charge in [-0.2, -0.15) is 0 Å². The summed E-state index contributed by atoms with van der Waals surface area (Å²) in [7, 11) is 0. The topological polar surface area (TPSA) is 60.3 Å². The number of anilines is 1. The minimum Gasteiger partial charge on any atom is -0.462 e. The van der Waals surface area contributed by atoms with Crippen LogP contribution in [0.1, 0.15) is 50.8 Å². The summed E-state index contributed by atoms with van der Waals surface area (Å²) < 4.78 is 7.55. The van der Waals surface area contributed by atoms with E-state index >= 15 is 0 Å². The summed E-state index contributed by atoms with van der Waals surface area (Å²) in [5.41, 5.74) is 6.57. The lowest BCUT2D eigenvalue weighted by molar-refractivity contribution is -0.113. The zero-order valence-corrected chi connectivity index (χ0v) is 22.5. The fourth-order valence-electron chi connectivity index (χ4n) is 4.83. The highest BCUT2D eigenvalue weighted by Gasteiger charge is 2.28. The first-order chi connectivity index (χ1) is 17.4. The van der Waals surface area contributed by atoms with Gasteiger partial charge >= 0.3 is 5.97 Å². The molecule has 2 aromatic heterocycles. The second kappa shape index (κ2) is 10.5. The van der Waals surface area contributed by atoms with E-state index in [0.29, 0.717) is 17.2 Å². The van der Waals surface area contributed by atoms with Crippen LogP contribution in [0.4, 0.5) is 5.00 Å². The normalized spacial score (nSPS) is 12.6. The number of ether oxygens (including phenoxy) is 1. The summed E-state index contributed by atoms with van der Waals surface area (Å²) >= 11 is 3.04. The van der Waals surface area contributed by atoms with Gasteiger partial charge in [0.2, 0.25) is 5.91 Å². The van der Waals surface area contributed by atoms with E-state index in [1.165, 1.54) is 44.7 Å². The third-order valence-corrected chi connectivity index (χ3v) is 8.86. The summed E-state index contributed by atoms with van der Waals surface area (Å²) in [5.74, 6) is -0.186. The van der Waals surface area contributed by atoms with E-state index in [0.717, 1.165) is 47.2 Å². The first kappa shape index (κ1) is 24.7. The van der Waals surface area contributed by atoms with Crippen LogP contribution in [-0.4, -0.2) is 28.8 Å². The van der Waals surface area contributed by atoms with E-state index in [1.807, 2.05) is 6.07 Å². The van der Waals surface area contributed by atoms with Crippen molar-refractivity contribution in [3.05, 3.63) is 81.4 Å². The highest BCUT2D eigenvalue weighted by atomic mass is 32.2. The van der Waals surface area contributed by atoms with Crippen LogP contribution >= 0.6 is 23.1 Å². The van der Waals surface area contributed by atoms with Crippen molar-refractivity contribution in [2.75, 3.05) is 17.7 Å². The highest BCUT2D eigenvalue weighted by molar-refractivity contribution is 8.00. The number of aryl methyl sites for hydroxylation is 3. The number of thiophene rings is 1. The SMILES string of the molecule is CCOC(=O)c1c(NC(=O)CSc2cn(Cc3cc(C)ccc3C)c3ccccc23)sc2c1CCC2. The molecule has 0 saturated heterocycles. The summed E-state index contributed by atoms with van der Waals surface area (Å²) in [6.45, 7) is 7.16. The minimum atomic E-state index is -0.339. The first-order valence-corrected chi connectivity index (χ1v) is 14.1. The van der Waals surface area contributed by atoms with Crippen LogP contribution in [-0.2, 0) is 28.9 Å². The van der Waals surface area contributed by atoms with E-state index in [-0.39, 0.29) is 17.6 Å². The van der Waals surface area contributed by atoms with Gasteiger partial charge in [-0.05, 0) is 62.8 Å². The molecule has 0 aliphatic heterocycles. The number of esters is 1. The van der Waals surface area contributed by atoms with Gasteiger partial charge in [-0.15, -0.1) is 23.1 Å². The second-order valence-electron chi connectivity index (χ2n) is 9.19. The molecule has 1 aliphatic rings. The van der Waals surface area contributed by atoms with Crippen LogP contribution in [0.3, 0.4) is 0 Å². The van der Waals surface area contributed by atoms with E-state index in [1.54, 1.807) is 6.92 Å². The Kier molecular flexibility index (Phi) is 7.21. The molecule has 4 aromatic rings. The molecule has 5 nitrogen and oxygen atoms in total. The van der Waals surface area contributed by atoms with Gasteiger partial charge in [-0.1, -0.05) is 42.0 Å². The first-order valence-electron chi connectivity index (χ1n) is 12.3. The van der Waals surface area contributed by atoms with Gasteiger partial charge in [0.05, 0.1) is 17.9 Å². The Labute approximate surface area is 219 Å². The Morgan fingerprint density at radius 1 is 1.14 bits per heavy atom. The van der Waals surface area contributed by atoms with Gasteiger partial charge < -0.3 is 14.6 Å². The number of benzene rings is 2. The number of hydrogen-bond donors (Lipinski definition) is 1. The molecule has 0 atom stereocenters. The maximum Gasteiger partial charge on any atom is 0.341 e. The molecule has 1 N–H and O–H groups in total. The average Bonchev–Trinajstić information content (AvgIpc) is 3.54. The summed E-state index contributed by atoms with van der Waals surface area (Å²) in [4.78, 5) is 27.9. The third-order valence-electron chi connectivity index (χ3n) is 6.61. The van der Waals surface area contributed by atoms with Crippen LogP contribution in [0, 0.1) is 13.8 Å². The predicted molar refractivity (Wildman–Crippen MR) is 149 cm³/mol. The lowest BCUT2D eigenvalue weighted by Gasteiger charge is -2.09. The van der Waals surface area contributed by atoms with E-state index in [4.69, 9.17) is 4.74 Å². The summed E-state index contributed by atoms with van der Waals surface area (Å²) in [5, 5.41) is 4.78. The molecule has 0 unspecified atom stereocenters. The van der Waals surface area contributed by atoms with Crippen molar-refractivity contribution < 1.29 is 14.3 Å². The van der Waals surface area contributed by atoms with Gasteiger partial charge in [0.25, 0.3) is 0 Å². The van der Waals surface area contributed by atoms with Crippen LogP contribution in [0.15, 0.2) is 53.6 Å². The fraction of sp³-hybridized carbons (Fsp3) is 0.310. The molecule has 2 heterocycles. The molecular formula is C29H30N2O3S2. The molecule has 0 spiro atoms. The number of para-hydroxylation sites is 1. The predicted octanol–water partition coefficient (Wildman–Crippen LogP) is 6.76. The van der Waals surface area contributed by atoms with Crippen molar-refractivity contribution >= 4 is 50.9 Å². The largest absolute Gasteiger partial charge is 0.462 e. The van der Waals surface area contributed by atoms with Crippen molar-refractivity contribution in [1.82, 2.24) is 4.57 Å². The van der Waals surface area contributed by atoms with Gasteiger partial charge in [0.1, 0.15) is 5.00 Å². The van der Waals surface area contributed by atoms with Crippen molar-refractivity contribution in [2.24, 2.45) is 0 Å². The highest BCUT2D eigenvalue weighted by Crippen LogP contribution is 2.40.